The van der Waals surface area contributed by atoms with Gasteiger partial charge in [-0.05, 0) is 72.7 Å². The minimum Gasteiger partial charge on any atom is -0.497 e. The van der Waals surface area contributed by atoms with E-state index >= 15 is 0 Å². The third-order valence-corrected chi connectivity index (χ3v) is 11.8. The largest absolute Gasteiger partial charge is 0.497 e. The standard InChI is InChI=1S/C44H47N7O7Si/c1-45-42(53)50-25-43(26-56-44(30-15-11-8-12-16-30,31-17-21-33(54-2)22-18-31)32-19-23-34(55-3)24-20-32)37(58-59(4,5)6)36(50)41(57-43)51-28-48-35-38(46-27-47-39(35)51)49-40(52)29-13-9-7-10-14-29/h7-24,27-28,36-37,41H,25-26H2,1-6H3,(H,45,53)(H,46,47,49,52)/t36-,37+,41-,43-/m1/s1. The summed E-state index contributed by atoms with van der Waals surface area (Å²) >= 11 is 0. The number of methoxy groups -OCH3 is 2. The molecule has 4 heterocycles. The van der Waals surface area contributed by atoms with Gasteiger partial charge in [0.1, 0.15) is 41.2 Å². The molecule has 14 nitrogen and oxygen atoms in total. The van der Waals surface area contributed by atoms with E-state index in [-0.39, 0.29) is 30.9 Å². The normalized spacial score (nSPS) is 20.1. The number of benzene rings is 4. The minimum atomic E-state index is -2.32. The average Bonchev–Trinajstić information content (AvgIpc) is 3.92. The van der Waals surface area contributed by atoms with Crippen LogP contribution >= 0.6 is 0 Å². The molecule has 0 unspecified atom stereocenters. The molecule has 2 fully saturated rings. The Labute approximate surface area is 343 Å². The first kappa shape index (κ1) is 39.7. The number of urea groups is 1. The number of morpholine rings is 1. The Morgan fingerprint density at radius 1 is 0.831 bits per heavy atom. The number of anilines is 1. The van der Waals surface area contributed by atoms with Gasteiger partial charge in [-0.15, -0.1) is 0 Å². The Hall–Kier alpha value is -6.13. The van der Waals surface area contributed by atoms with Crippen LogP contribution in [0.1, 0.15) is 33.3 Å². The number of hydrogen-bond donors (Lipinski definition) is 2. The van der Waals surface area contributed by atoms with Gasteiger partial charge in [0, 0.05) is 12.6 Å². The van der Waals surface area contributed by atoms with E-state index < -0.39 is 37.9 Å². The number of nitrogens with zero attached hydrogens (tertiary/aromatic N) is 5. The third-order valence-electron chi connectivity index (χ3n) is 10.8. The average molecular weight is 814 g/mol. The summed E-state index contributed by atoms with van der Waals surface area (Å²) in [6.07, 6.45) is 1.55. The van der Waals surface area contributed by atoms with Crippen molar-refractivity contribution in [3.8, 4) is 11.5 Å². The second-order valence-electron chi connectivity index (χ2n) is 15.6. The molecule has 15 heteroatoms. The summed E-state index contributed by atoms with van der Waals surface area (Å²) in [5, 5.41) is 5.72. The van der Waals surface area contributed by atoms with Gasteiger partial charge in [-0.1, -0.05) is 72.8 Å². The number of carbonyl (C=O) groups excluding carboxylic acids is 2. The predicted octanol–water partition coefficient (Wildman–Crippen LogP) is 6.62. The van der Waals surface area contributed by atoms with Gasteiger partial charge in [-0.25, -0.2) is 19.7 Å². The van der Waals surface area contributed by atoms with Gasteiger partial charge in [0.05, 0.1) is 33.7 Å². The van der Waals surface area contributed by atoms with E-state index in [4.69, 9.17) is 23.4 Å². The minimum absolute atomic E-state index is 0.00951. The van der Waals surface area contributed by atoms with Crippen molar-refractivity contribution in [2.24, 2.45) is 0 Å². The van der Waals surface area contributed by atoms with E-state index in [2.05, 4.69) is 45.2 Å². The molecule has 4 aromatic carbocycles. The van der Waals surface area contributed by atoms with Crippen LogP contribution in [0.3, 0.4) is 0 Å². The van der Waals surface area contributed by atoms with Crippen molar-refractivity contribution in [2.75, 3.05) is 39.7 Å². The number of carbonyl (C=O) groups is 2. The number of imidazole rings is 1. The first-order valence-corrected chi connectivity index (χ1v) is 22.8. The Kier molecular flexibility index (Phi) is 10.7. The highest BCUT2D eigenvalue weighted by atomic mass is 28.4. The van der Waals surface area contributed by atoms with Crippen molar-refractivity contribution in [3.63, 3.8) is 0 Å². The SMILES string of the molecule is CNC(=O)N1C[C@]2(COC(c3ccccc3)(c3ccc(OC)cc3)c3ccc(OC)cc3)O[C@@H](n3cnc4c(NC(=O)c5ccccc5)ncnc43)[C@H]1[C@@H]2O[Si](C)(C)C. The van der Waals surface area contributed by atoms with Crippen LogP contribution in [0.25, 0.3) is 11.2 Å². The van der Waals surface area contributed by atoms with Crippen LogP contribution in [-0.4, -0.2) is 96.8 Å². The smallest absolute Gasteiger partial charge is 0.317 e. The molecule has 6 aromatic rings. The second-order valence-corrected chi connectivity index (χ2v) is 20.0. The van der Waals surface area contributed by atoms with E-state index in [1.54, 1.807) is 61.3 Å². The molecule has 2 bridgehead atoms. The van der Waals surface area contributed by atoms with Gasteiger partial charge in [0.2, 0.25) is 0 Å². The lowest BCUT2D eigenvalue weighted by Crippen LogP contribution is -2.53. The molecule has 4 atom stereocenters. The van der Waals surface area contributed by atoms with Crippen LogP contribution in [0.4, 0.5) is 10.6 Å². The van der Waals surface area contributed by atoms with E-state index in [1.165, 1.54) is 6.33 Å². The highest BCUT2D eigenvalue weighted by Gasteiger charge is 2.67. The fourth-order valence-corrected chi connectivity index (χ4v) is 9.29. The first-order chi connectivity index (χ1) is 28.5. The van der Waals surface area contributed by atoms with Crippen LogP contribution in [0, 0.1) is 0 Å². The molecule has 2 aliphatic rings. The molecule has 2 N–H and O–H groups in total. The van der Waals surface area contributed by atoms with Crippen LogP contribution < -0.4 is 20.1 Å². The summed E-state index contributed by atoms with van der Waals surface area (Å²) in [6.45, 7) is 6.53. The maximum atomic E-state index is 13.9. The summed E-state index contributed by atoms with van der Waals surface area (Å²) in [5.41, 5.74) is 1.49. The molecular weight excluding hydrogens is 767 g/mol. The molecule has 3 amide bonds. The Bertz CT molecular complexity index is 2380. The molecule has 0 spiro atoms. The molecule has 0 saturated carbocycles. The quantitative estimate of drug-likeness (QED) is 0.0963. The van der Waals surface area contributed by atoms with Gasteiger partial charge >= 0.3 is 6.03 Å². The van der Waals surface area contributed by atoms with Crippen LogP contribution in [-0.2, 0) is 19.5 Å². The third kappa shape index (κ3) is 7.31. The molecule has 59 heavy (non-hydrogen) atoms. The Morgan fingerprint density at radius 2 is 1.42 bits per heavy atom. The topological polar surface area (TPSA) is 151 Å². The summed E-state index contributed by atoms with van der Waals surface area (Å²) < 4.78 is 34.7. The van der Waals surface area contributed by atoms with Crippen molar-refractivity contribution < 1.29 is 33.0 Å². The fraction of sp³-hybridized carbons (Fsp3) is 0.295. The first-order valence-electron chi connectivity index (χ1n) is 19.4. The molecular formula is C44H47N7O7Si. The number of aromatic nitrogens is 4. The fourth-order valence-electron chi connectivity index (χ4n) is 8.17. The van der Waals surface area contributed by atoms with E-state index in [0.717, 1.165) is 16.7 Å². The maximum Gasteiger partial charge on any atom is 0.317 e. The molecule has 2 saturated heterocycles. The maximum absolute atomic E-state index is 13.9. The number of ether oxygens (including phenoxy) is 4. The lowest BCUT2D eigenvalue weighted by atomic mass is 9.79. The predicted molar refractivity (Wildman–Crippen MR) is 224 cm³/mol. The number of fused-ring (bicyclic) bond motifs is 3. The monoisotopic (exact) mass is 813 g/mol. The summed E-state index contributed by atoms with van der Waals surface area (Å²) in [5.74, 6) is 1.31. The molecule has 2 aliphatic heterocycles. The molecule has 0 radical (unpaired) electrons. The van der Waals surface area contributed by atoms with E-state index in [9.17, 15) is 9.59 Å². The Balaban J connectivity index is 1.24. The molecule has 8 rings (SSSR count). The summed E-state index contributed by atoms with van der Waals surface area (Å²) in [7, 11) is 2.56. The van der Waals surface area contributed by atoms with Gasteiger partial charge in [0.25, 0.3) is 5.91 Å². The van der Waals surface area contributed by atoms with Gasteiger partial charge in [-0.3, -0.25) is 9.36 Å². The number of likely N-dealkylation sites (tertiary alicyclic amines) is 1. The second kappa shape index (κ2) is 15.9. The Morgan fingerprint density at radius 3 is 2.00 bits per heavy atom. The number of rotatable bonds is 13. The zero-order valence-corrected chi connectivity index (χ0v) is 34.8. The number of nitrogens with one attached hydrogen (secondary N) is 2. The lowest BCUT2D eigenvalue weighted by Gasteiger charge is -2.41. The van der Waals surface area contributed by atoms with Crippen molar-refractivity contribution >= 4 is 37.2 Å². The van der Waals surface area contributed by atoms with E-state index in [1.807, 2.05) is 84.9 Å². The lowest BCUT2D eigenvalue weighted by molar-refractivity contribution is -0.171. The van der Waals surface area contributed by atoms with Crippen LogP contribution in [0.2, 0.25) is 19.6 Å². The highest BCUT2D eigenvalue weighted by Crippen LogP contribution is 2.52. The van der Waals surface area contributed by atoms with Gasteiger partial charge in [-0.2, -0.15) is 0 Å². The van der Waals surface area contributed by atoms with Gasteiger partial charge in [0.15, 0.2) is 31.5 Å². The van der Waals surface area contributed by atoms with Crippen molar-refractivity contribution in [1.29, 1.82) is 0 Å². The number of amides is 3. The number of hydrogen-bond acceptors (Lipinski definition) is 10. The molecule has 2 aromatic heterocycles. The zero-order valence-electron chi connectivity index (χ0n) is 33.8. The van der Waals surface area contributed by atoms with Crippen LogP contribution in [0.5, 0.6) is 11.5 Å². The van der Waals surface area contributed by atoms with Crippen LogP contribution in [0.15, 0.2) is 122 Å². The van der Waals surface area contributed by atoms with Gasteiger partial charge < -0.3 is 38.9 Å². The highest BCUT2D eigenvalue weighted by molar-refractivity contribution is 6.69. The summed E-state index contributed by atoms with van der Waals surface area (Å²) in [6, 6.07) is 33.7. The molecule has 0 aliphatic carbocycles. The summed E-state index contributed by atoms with van der Waals surface area (Å²) in [4.78, 5) is 42.5. The van der Waals surface area contributed by atoms with E-state index in [0.29, 0.717) is 28.2 Å². The van der Waals surface area contributed by atoms with Crippen molar-refractivity contribution in [1.82, 2.24) is 29.7 Å². The van der Waals surface area contributed by atoms with Crippen molar-refractivity contribution in [2.45, 2.75) is 49.2 Å². The molecule has 304 valence electrons. The van der Waals surface area contributed by atoms with Crippen molar-refractivity contribution in [3.05, 3.63) is 144 Å². The zero-order chi connectivity index (χ0) is 41.4.